The first-order valence-electron chi connectivity index (χ1n) is 5.54. The first kappa shape index (κ1) is 12.0. The molecule has 0 bridgehead atoms. The molecule has 0 saturated carbocycles. The van der Waals surface area contributed by atoms with Gasteiger partial charge in [-0.3, -0.25) is 4.79 Å². The predicted molar refractivity (Wildman–Crippen MR) is 64.0 cm³/mol. The van der Waals surface area contributed by atoms with Crippen molar-refractivity contribution < 1.29 is 28.7 Å². The number of aromatic carboxylic acids is 1. The Balaban J connectivity index is 1.76. The van der Waals surface area contributed by atoms with Crippen molar-refractivity contribution in [3.8, 4) is 11.5 Å². The van der Waals surface area contributed by atoms with Gasteiger partial charge in [0.15, 0.2) is 17.2 Å². The highest BCUT2D eigenvalue weighted by atomic mass is 16.7. The molecule has 8 heteroatoms. The lowest BCUT2D eigenvalue weighted by Gasteiger charge is -2.03. The molecular weight excluding hydrogens is 268 g/mol. The molecule has 20 heavy (non-hydrogen) atoms. The van der Waals surface area contributed by atoms with Gasteiger partial charge in [0.25, 0.3) is 5.91 Å². The Hall–Kier alpha value is -3.03. The molecule has 3 rings (SSSR count). The highest BCUT2D eigenvalue weighted by molar-refractivity contribution is 6.03. The molecule has 0 unspecified atom stereocenters. The van der Waals surface area contributed by atoms with Crippen LogP contribution in [-0.2, 0) is 0 Å². The number of rotatable bonds is 3. The maximum Gasteiger partial charge on any atom is 0.374 e. The summed E-state index contributed by atoms with van der Waals surface area (Å²) in [5.74, 6) is -1.16. The highest BCUT2D eigenvalue weighted by Gasteiger charge is 2.18. The van der Waals surface area contributed by atoms with Crippen LogP contribution in [0.2, 0.25) is 0 Å². The van der Waals surface area contributed by atoms with E-state index >= 15 is 0 Å². The van der Waals surface area contributed by atoms with Crippen molar-refractivity contribution in [3.05, 3.63) is 35.7 Å². The van der Waals surface area contributed by atoms with Crippen molar-refractivity contribution in [3.63, 3.8) is 0 Å². The van der Waals surface area contributed by atoms with E-state index in [-0.39, 0.29) is 12.5 Å². The van der Waals surface area contributed by atoms with Gasteiger partial charge in [0.05, 0.1) is 0 Å². The summed E-state index contributed by atoms with van der Waals surface area (Å²) < 4.78 is 14.8. The van der Waals surface area contributed by atoms with Crippen LogP contribution in [0.15, 0.2) is 28.8 Å². The molecule has 0 aliphatic carbocycles. The van der Waals surface area contributed by atoms with Crippen molar-refractivity contribution in [2.45, 2.75) is 0 Å². The van der Waals surface area contributed by atoms with Crippen LogP contribution in [0.25, 0.3) is 0 Å². The Labute approximate surface area is 111 Å². The number of carboxylic acids is 1. The van der Waals surface area contributed by atoms with Crippen molar-refractivity contribution in [1.82, 2.24) is 5.16 Å². The van der Waals surface area contributed by atoms with E-state index in [0.717, 1.165) is 6.07 Å². The monoisotopic (exact) mass is 276 g/mol. The van der Waals surface area contributed by atoms with E-state index in [9.17, 15) is 9.59 Å². The number of carboxylic acid groups (broad SMARTS) is 1. The van der Waals surface area contributed by atoms with Crippen LogP contribution < -0.4 is 14.8 Å². The van der Waals surface area contributed by atoms with E-state index in [0.29, 0.717) is 17.2 Å². The van der Waals surface area contributed by atoms with Gasteiger partial charge in [0.1, 0.15) is 0 Å². The van der Waals surface area contributed by atoms with E-state index in [1.54, 1.807) is 18.2 Å². The molecule has 0 radical (unpaired) electrons. The Kier molecular flexibility index (Phi) is 2.75. The maximum absolute atomic E-state index is 11.9. The summed E-state index contributed by atoms with van der Waals surface area (Å²) in [4.78, 5) is 22.5. The Bertz CT molecular complexity index is 693. The molecule has 1 amide bonds. The van der Waals surface area contributed by atoms with Crippen molar-refractivity contribution in [2.24, 2.45) is 0 Å². The number of fused-ring (bicyclic) bond motifs is 1. The van der Waals surface area contributed by atoms with Crippen LogP contribution >= 0.6 is 0 Å². The number of nitrogens with zero attached hydrogens (tertiary/aromatic N) is 1. The molecule has 1 aromatic heterocycles. The summed E-state index contributed by atoms with van der Waals surface area (Å²) in [6, 6.07) is 5.93. The fourth-order valence-electron chi connectivity index (χ4n) is 1.65. The number of aromatic nitrogens is 1. The van der Waals surface area contributed by atoms with E-state index in [2.05, 4.69) is 15.0 Å². The smallest absolute Gasteiger partial charge is 0.374 e. The van der Waals surface area contributed by atoms with Gasteiger partial charge in [-0.1, -0.05) is 5.16 Å². The molecule has 2 aromatic rings. The summed E-state index contributed by atoms with van der Waals surface area (Å²) in [6.45, 7) is 0.137. The number of nitrogens with one attached hydrogen (secondary N) is 1. The number of benzene rings is 1. The van der Waals surface area contributed by atoms with E-state index < -0.39 is 17.6 Å². The van der Waals surface area contributed by atoms with E-state index in [4.69, 9.17) is 14.6 Å². The SMILES string of the molecule is O=C(Nc1ccc2c(c1)OCO2)c1cc(C(=O)O)on1. The molecule has 102 valence electrons. The summed E-state index contributed by atoms with van der Waals surface area (Å²) in [6.07, 6.45) is 0. The number of anilines is 1. The second kappa shape index (κ2) is 4.57. The molecule has 0 saturated heterocycles. The molecule has 2 heterocycles. The minimum Gasteiger partial charge on any atom is -0.475 e. The van der Waals surface area contributed by atoms with Crippen LogP contribution in [0.4, 0.5) is 5.69 Å². The first-order valence-corrected chi connectivity index (χ1v) is 5.54. The minimum atomic E-state index is -1.29. The minimum absolute atomic E-state index is 0.125. The summed E-state index contributed by atoms with van der Waals surface area (Å²) in [5, 5.41) is 14.6. The van der Waals surface area contributed by atoms with Gasteiger partial charge in [-0.15, -0.1) is 0 Å². The Morgan fingerprint density at radius 3 is 2.75 bits per heavy atom. The highest BCUT2D eigenvalue weighted by Crippen LogP contribution is 2.34. The van der Waals surface area contributed by atoms with Crippen LogP contribution in [0.1, 0.15) is 21.0 Å². The van der Waals surface area contributed by atoms with Gasteiger partial charge in [-0.2, -0.15) is 0 Å². The standard InChI is InChI=1S/C12H8N2O6/c15-11(7-4-10(12(16)17)20-14-7)13-6-1-2-8-9(3-6)19-5-18-8/h1-4H,5H2,(H,13,15)(H,16,17). The molecule has 1 aliphatic rings. The zero-order valence-electron chi connectivity index (χ0n) is 9.95. The third-order valence-electron chi connectivity index (χ3n) is 2.58. The topological polar surface area (TPSA) is 111 Å². The number of hydrogen-bond acceptors (Lipinski definition) is 6. The molecule has 0 atom stereocenters. The number of carbonyl (C=O) groups is 2. The van der Waals surface area contributed by atoms with Gasteiger partial charge < -0.3 is 24.4 Å². The van der Waals surface area contributed by atoms with Crippen LogP contribution in [0.5, 0.6) is 11.5 Å². The van der Waals surface area contributed by atoms with Gasteiger partial charge in [0, 0.05) is 17.8 Å². The second-order valence-electron chi connectivity index (χ2n) is 3.90. The first-order chi connectivity index (χ1) is 9.63. The summed E-state index contributed by atoms with van der Waals surface area (Å²) in [5.41, 5.74) is 0.346. The Morgan fingerprint density at radius 2 is 2.00 bits per heavy atom. The van der Waals surface area contributed by atoms with Crippen molar-refractivity contribution in [1.29, 1.82) is 0 Å². The molecular formula is C12H8N2O6. The number of ether oxygens (including phenoxy) is 2. The quantitative estimate of drug-likeness (QED) is 0.870. The summed E-state index contributed by atoms with van der Waals surface area (Å²) >= 11 is 0. The number of amides is 1. The third-order valence-corrected chi connectivity index (χ3v) is 2.58. The lowest BCUT2D eigenvalue weighted by Crippen LogP contribution is -2.12. The average molecular weight is 276 g/mol. The van der Waals surface area contributed by atoms with E-state index in [1.807, 2.05) is 0 Å². The van der Waals surface area contributed by atoms with Crippen LogP contribution in [-0.4, -0.2) is 28.9 Å². The molecule has 0 fully saturated rings. The lowest BCUT2D eigenvalue weighted by molar-refractivity contribution is 0.0651. The van der Waals surface area contributed by atoms with Gasteiger partial charge in [0.2, 0.25) is 12.6 Å². The molecule has 1 aliphatic heterocycles. The number of hydrogen-bond donors (Lipinski definition) is 2. The third kappa shape index (κ3) is 2.14. The zero-order chi connectivity index (χ0) is 14.1. The zero-order valence-corrected chi connectivity index (χ0v) is 9.95. The molecule has 1 aromatic carbocycles. The normalized spacial score (nSPS) is 12.2. The fourth-order valence-corrected chi connectivity index (χ4v) is 1.65. The number of carbonyl (C=O) groups excluding carboxylic acids is 1. The van der Waals surface area contributed by atoms with E-state index in [1.165, 1.54) is 0 Å². The average Bonchev–Trinajstić information content (AvgIpc) is 3.07. The van der Waals surface area contributed by atoms with Crippen LogP contribution in [0.3, 0.4) is 0 Å². The summed E-state index contributed by atoms with van der Waals surface area (Å²) in [7, 11) is 0. The molecule has 2 N–H and O–H groups in total. The fraction of sp³-hybridized carbons (Fsp3) is 0.0833. The maximum atomic E-state index is 11.9. The second-order valence-corrected chi connectivity index (χ2v) is 3.90. The molecule has 0 spiro atoms. The van der Waals surface area contributed by atoms with Gasteiger partial charge in [-0.25, -0.2) is 4.79 Å². The predicted octanol–water partition coefficient (Wildman–Crippen LogP) is 1.35. The Morgan fingerprint density at radius 1 is 1.20 bits per heavy atom. The van der Waals surface area contributed by atoms with Gasteiger partial charge in [-0.05, 0) is 12.1 Å². The van der Waals surface area contributed by atoms with Crippen molar-refractivity contribution in [2.75, 3.05) is 12.1 Å². The van der Waals surface area contributed by atoms with Gasteiger partial charge >= 0.3 is 5.97 Å². The molecule has 8 nitrogen and oxygen atoms in total. The lowest BCUT2D eigenvalue weighted by atomic mass is 10.2. The van der Waals surface area contributed by atoms with Crippen LogP contribution in [0, 0.1) is 0 Å². The van der Waals surface area contributed by atoms with Crippen molar-refractivity contribution >= 4 is 17.6 Å². The largest absolute Gasteiger partial charge is 0.475 e.